The zero-order valence-electron chi connectivity index (χ0n) is 14.5. The van der Waals surface area contributed by atoms with Gasteiger partial charge in [0, 0.05) is 38.6 Å². The summed E-state index contributed by atoms with van der Waals surface area (Å²) in [6.45, 7) is 2.35. The Kier molecular flexibility index (Phi) is 10.9. The smallest absolute Gasteiger partial charge is 0.428 e. The molecular weight excluding hydrogens is 440 g/mol. The van der Waals surface area contributed by atoms with Gasteiger partial charge in [0.05, 0.1) is 0 Å². The van der Waals surface area contributed by atoms with Crippen molar-refractivity contribution in [3.63, 3.8) is 0 Å². The Hall–Kier alpha value is -0.970. The number of rotatable bonds is 7. The summed E-state index contributed by atoms with van der Waals surface area (Å²) in [5, 5.41) is 3.10. The molecule has 1 aromatic rings. The summed E-state index contributed by atoms with van der Waals surface area (Å²) >= 11 is 0. The van der Waals surface area contributed by atoms with Crippen LogP contribution in [0.4, 0.5) is 30.7 Å². The molecule has 0 unspecified atom stereocenters. The first-order valence-electron chi connectivity index (χ1n) is 8.05. The van der Waals surface area contributed by atoms with Crippen molar-refractivity contribution in [2.75, 3.05) is 26.2 Å². The SMILES string of the molecule is Cl.Cl.FC(F)C(F)(F)Oc1ccc([C@@H](CCC(F)(F)F)N2CCNCC2)cc1. The minimum absolute atomic E-state index is 0. The van der Waals surface area contributed by atoms with Crippen LogP contribution < -0.4 is 10.1 Å². The Morgan fingerprint density at radius 2 is 1.50 bits per heavy atom. The predicted molar refractivity (Wildman–Crippen MR) is 95.0 cm³/mol. The number of halogens is 9. The van der Waals surface area contributed by atoms with Gasteiger partial charge < -0.3 is 10.1 Å². The fourth-order valence-corrected chi connectivity index (χ4v) is 2.81. The molecule has 28 heavy (non-hydrogen) atoms. The molecule has 1 saturated heterocycles. The van der Waals surface area contributed by atoms with E-state index in [0.29, 0.717) is 31.7 Å². The average Bonchev–Trinajstić information content (AvgIpc) is 2.56. The molecule has 0 bridgehead atoms. The highest BCUT2D eigenvalue weighted by Crippen LogP contribution is 2.33. The lowest BCUT2D eigenvalue weighted by Gasteiger charge is -2.35. The van der Waals surface area contributed by atoms with Gasteiger partial charge in [-0.3, -0.25) is 4.90 Å². The highest BCUT2D eigenvalue weighted by molar-refractivity contribution is 5.85. The topological polar surface area (TPSA) is 24.5 Å². The number of benzene rings is 1. The molecule has 1 heterocycles. The standard InChI is InChI=1S/C16H19F7N2O.2ClH/c17-14(18)16(22,23)26-12-3-1-11(2-4-12)13(5-6-15(19,20)21)25-9-7-24-8-10-25;;/h1-4,13-14,24H,5-10H2;2*1H/t13-;;/m1../s1. The molecule has 12 heteroatoms. The minimum atomic E-state index is -4.63. The van der Waals surface area contributed by atoms with E-state index in [1.165, 1.54) is 12.1 Å². The van der Waals surface area contributed by atoms with E-state index in [-0.39, 0.29) is 31.2 Å². The van der Waals surface area contributed by atoms with Crippen LogP contribution in [0.2, 0.25) is 0 Å². The predicted octanol–water partition coefficient (Wildman–Crippen LogP) is 5.06. The van der Waals surface area contributed by atoms with E-state index < -0.39 is 36.9 Å². The monoisotopic (exact) mass is 460 g/mol. The molecule has 1 fully saturated rings. The van der Waals surface area contributed by atoms with Gasteiger partial charge in [0.1, 0.15) is 5.75 Å². The van der Waals surface area contributed by atoms with Crippen LogP contribution in [-0.4, -0.2) is 49.8 Å². The van der Waals surface area contributed by atoms with Gasteiger partial charge in [0.2, 0.25) is 0 Å². The first-order chi connectivity index (χ1) is 12.1. The van der Waals surface area contributed by atoms with Crippen molar-refractivity contribution in [1.29, 1.82) is 0 Å². The van der Waals surface area contributed by atoms with E-state index in [1.54, 1.807) is 0 Å². The lowest BCUT2D eigenvalue weighted by Crippen LogP contribution is -2.45. The molecule has 1 aliphatic heterocycles. The van der Waals surface area contributed by atoms with Gasteiger partial charge in [0.25, 0.3) is 0 Å². The van der Waals surface area contributed by atoms with Crippen molar-refractivity contribution in [3.8, 4) is 5.75 Å². The third-order valence-electron chi connectivity index (χ3n) is 4.07. The van der Waals surface area contributed by atoms with Gasteiger partial charge in [-0.2, -0.15) is 30.7 Å². The normalized spacial score (nSPS) is 16.9. The Morgan fingerprint density at radius 3 is 1.96 bits per heavy atom. The zero-order chi connectivity index (χ0) is 19.4. The molecule has 0 aromatic heterocycles. The van der Waals surface area contributed by atoms with Gasteiger partial charge >= 0.3 is 18.7 Å². The van der Waals surface area contributed by atoms with E-state index in [1.807, 2.05) is 4.90 Å². The summed E-state index contributed by atoms with van der Waals surface area (Å²) in [6, 6.07) is 4.24. The van der Waals surface area contributed by atoms with Crippen molar-refractivity contribution in [3.05, 3.63) is 29.8 Å². The number of nitrogens with one attached hydrogen (secondary N) is 1. The molecule has 1 aliphatic rings. The molecule has 0 spiro atoms. The molecule has 0 aliphatic carbocycles. The van der Waals surface area contributed by atoms with E-state index in [9.17, 15) is 30.7 Å². The lowest BCUT2D eigenvalue weighted by molar-refractivity contribution is -0.253. The van der Waals surface area contributed by atoms with Gasteiger partial charge in [-0.1, -0.05) is 12.1 Å². The van der Waals surface area contributed by atoms with Crippen molar-refractivity contribution in [2.45, 2.75) is 37.6 Å². The van der Waals surface area contributed by atoms with Crippen LogP contribution in [0.1, 0.15) is 24.4 Å². The second-order valence-electron chi connectivity index (χ2n) is 5.99. The van der Waals surface area contributed by atoms with Gasteiger partial charge in [0.15, 0.2) is 0 Å². The van der Waals surface area contributed by atoms with Crippen molar-refractivity contribution >= 4 is 24.8 Å². The van der Waals surface area contributed by atoms with Crippen LogP contribution in [-0.2, 0) is 0 Å². The summed E-state index contributed by atoms with van der Waals surface area (Å²) in [7, 11) is 0. The Labute approximate surface area is 170 Å². The van der Waals surface area contributed by atoms with Gasteiger partial charge in [-0.25, -0.2) is 0 Å². The largest absolute Gasteiger partial charge is 0.461 e. The van der Waals surface area contributed by atoms with Crippen LogP contribution in [0, 0.1) is 0 Å². The van der Waals surface area contributed by atoms with E-state index >= 15 is 0 Å². The summed E-state index contributed by atoms with van der Waals surface area (Å²) in [5.41, 5.74) is 0.490. The van der Waals surface area contributed by atoms with E-state index in [2.05, 4.69) is 10.1 Å². The maximum Gasteiger partial charge on any atom is 0.461 e. The number of ether oxygens (including phenoxy) is 1. The summed E-state index contributed by atoms with van der Waals surface area (Å²) in [4.78, 5) is 1.88. The van der Waals surface area contributed by atoms with E-state index in [0.717, 1.165) is 12.1 Å². The lowest BCUT2D eigenvalue weighted by atomic mass is 9.99. The van der Waals surface area contributed by atoms with Crippen LogP contribution >= 0.6 is 24.8 Å². The highest BCUT2D eigenvalue weighted by atomic mass is 35.5. The number of hydrogen-bond acceptors (Lipinski definition) is 3. The van der Waals surface area contributed by atoms with Crippen LogP contribution in [0.15, 0.2) is 24.3 Å². The number of hydrogen-bond donors (Lipinski definition) is 1. The summed E-state index contributed by atoms with van der Waals surface area (Å²) < 4.78 is 92.0. The summed E-state index contributed by atoms with van der Waals surface area (Å²) in [5.74, 6) is -0.478. The van der Waals surface area contributed by atoms with Crippen LogP contribution in [0.3, 0.4) is 0 Å². The third-order valence-corrected chi connectivity index (χ3v) is 4.07. The van der Waals surface area contributed by atoms with Crippen molar-refractivity contribution in [1.82, 2.24) is 10.2 Å². The number of piperazine rings is 1. The molecule has 1 aromatic carbocycles. The maximum absolute atomic E-state index is 12.9. The average molecular weight is 461 g/mol. The second kappa shape index (κ2) is 11.3. The Balaban J connectivity index is 0.00000364. The molecule has 1 atom stereocenters. The first kappa shape index (κ1) is 27.0. The highest BCUT2D eigenvalue weighted by Gasteiger charge is 2.44. The van der Waals surface area contributed by atoms with Crippen LogP contribution in [0.25, 0.3) is 0 Å². The molecule has 3 nitrogen and oxygen atoms in total. The van der Waals surface area contributed by atoms with Gasteiger partial charge in [-0.15, -0.1) is 24.8 Å². The molecule has 0 amide bonds. The van der Waals surface area contributed by atoms with E-state index in [4.69, 9.17) is 0 Å². The first-order valence-corrected chi connectivity index (χ1v) is 8.05. The molecule has 0 saturated carbocycles. The fraction of sp³-hybridized carbons (Fsp3) is 0.625. The zero-order valence-corrected chi connectivity index (χ0v) is 16.2. The minimum Gasteiger partial charge on any atom is -0.428 e. The van der Waals surface area contributed by atoms with Crippen molar-refractivity contribution in [2.24, 2.45) is 0 Å². The number of nitrogens with zero attached hydrogens (tertiary/aromatic N) is 1. The quantitative estimate of drug-likeness (QED) is 0.575. The Morgan fingerprint density at radius 1 is 0.964 bits per heavy atom. The molecule has 164 valence electrons. The Bertz CT molecular complexity index is 567. The third kappa shape index (κ3) is 8.18. The maximum atomic E-state index is 12.9. The summed E-state index contributed by atoms with van der Waals surface area (Å²) in [6.07, 6.45) is -14.1. The molecule has 2 rings (SSSR count). The molecular formula is C16H21Cl2F7N2O. The molecule has 0 radical (unpaired) electrons. The van der Waals surface area contributed by atoms with Crippen molar-refractivity contribution < 1.29 is 35.5 Å². The van der Waals surface area contributed by atoms with Gasteiger partial charge in [-0.05, 0) is 24.1 Å². The second-order valence-corrected chi connectivity index (χ2v) is 5.99. The van der Waals surface area contributed by atoms with Crippen LogP contribution in [0.5, 0.6) is 5.75 Å². The number of alkyl halides is 7. The molecule has 1 N–H and O–H groups in total. The fourth-order valence-electron chi connectivity index (χ4n) is 2.81.